The molecule has 120 valence electrons. The quantitative estimate of drug-likeness (QED) is 0.297. The van der Waals surface area contributed by atoms with Crippen LogP contribution in [0.2, 0.25) is 0 Å². The number of hydrogen-bond donors (Lipinski definition) is 0. The van der Waals surface area contributed by atoms with Crippen LogP contribution in [0, 0.1) is 0 Å². The van der Waals surface area contributed by atoms with Gasteiger partial charge in [-0.25, -0.2) is 0 Å². The van der Waals surface area contributed by atoms with Gasteiger partial charge in [0, 0.05) is 0 Å². The van der Waals surface area contributed by atoms with E-state index in [0.29, 0.717) is 0 Å². The van der Waals surface area contributed by atoms with E-state index >= 15 is 0 Å². The van der Waals surface area contributed by atoms with E-state index in [2.05, 4.69) is 97.1 Å². The maximum absolute atomic E-state index is 2.39. The van der Waals surface area contributed by atoms with Crippen LogP contribution in [-0.2, 0) is 0 Å². The molecule has 0 heterocycles. The minimum absolute atomic E-state index is 1.27. The molecule has 26 heavy (non-hydrogen) atoms. The Balaban J connectivity index is 1.83. The largest absolute Gasteiger partial charge is 0.0622 e. The second-order valence-electron chi connectivity index (χ2n) is 6.97. The summed E-state index contributed by atoms with van der Waals surface area (Å²) < 4.78 is 0. The Hall–Kier alpha value is -3.38. The van der Waals surface area contributed by atoms with Gasteiger partial charge >= 0.3 is 0 Å². The fraction of sp³-hybridized carbons (Fsp3) is 0. The highest BCUT2D eigenvalue weighted by atomic mass is 14.3. The first-order chi connectivity index (χ1) is 12.9. The predicted molar refractivity (Wildman–Crippen MR) is 111 cm³/mol. The van der Waals surface area contributed by atoms with Crippen molar-refractivity contribution in [2.75, 3.05) is 0 Å². The van der Waals surface area contributed by atoms with Crippen molar-refractivity contribution in [3.8, 4) is 33.4 Å². The molecule has 0 nitrogen and oxygen atoms in total. The van der Waals surface area contributed by atoms with Crippen molar-refractivity contribution in [2.45, 2.75) is 0 Å². The summed E-state index contributed by atoms with van der Waals surface area (Å²) in [5.74, 6) is 0. The van der Waals surface area contributed by atoms with Gasteiger partial charge in [0.1, 0.15) is 0 Å². The Morgan fingerprint density at radius 1 is 0.423 bits per heavy atom. The summed E-state index contributed by atoms with van der Waals surface area (Å²) >= 11 is 0. The van der Waals surface area contributed by atoms with E-state index in [9.17, 15) is 0 Å². The average Bonchev–Trinajstić information content (AvgIpc) is 3.04. The molecule has 0 heteroatoms. The summed E-state index contributed by atoms with van der Waals surface area (Å²) in [5.41, 5.74) is 8.04. The second kappa shape index (κ2) is 5.06. The van der Waals surface area contributed by atoms with Crippen molar-refractivity contribution in [1.29, 1.82) is 0 Å². The summed E-state index contributed by atoms with van der Waals surface area (Å²) in [6.45, 7) is 0. The van der Waals surface area contributed by atoms with Crippen LogP contribution in [0.15, 0.2) is 97.1 Å². The molecule has 0 bridgehead atoms. The molecule has 0 amide bonds. The molecule has 1 aliphatic rings. The van der Waals surface area contributed by atoms with Crippen molar-refractivity contribution in [3.63, 3.8) is 0 Å². The molecule has 0 spiro atoms. The van der Waals surface area contributed by atoms with E-state index in [1.165, 1.54) is 54.9 Å². The van der Waals surface area contributed by atoms with Crippen LogP contribution in [-0.4, -0.2) is 0 Å². The van der Waals surface area contributed by atoms with Crippen molar-refractivity contribution in [2.24, 2.45) is 0 Å². The van der Waals surface area contributed by atoms with Crippen LogP contribution in [0.5, 0.6) is 0 Å². The zero-order valence-electron chi connectivity index (χ0n) is 14.2. The molecule has 0 N–H and O–H groups in total. The average molecular weight is 328 g/mol. The normalized spacial score (nSPS) is 11.8. The van der Waals surface area contributed by atoms with Crippen LogP contribution in [0.4, 0.5) is 0 Å². The SMILES string of the molecule is c1ccc(-c2cc3c(c4ccccc24)-c2cccc4cccc-3c24)cc1. The molecule has 0 aliphatic heterocycles. The number of rotatable bonds is 1. The standard InChI is InChI=1S/C26H16/c1-2-8-17(9-3-1)23-16-24-21-14-6-10-18-11-7-15-22(25(18)21)26(24)20-13-5-4-12-19(20)23/h1-16H. The van der Waals surface area contributed by atoms with E-state index in [4.69, 9.17) is 0 Å². The van der Waals surface area contributed by atoms with Gasteiger partial charge < -0.3 is 0 Å². The Kier molecular flexibility index (Phi) is 2.70. The lowest BCUT2D eigenvalue weighted by atomic mass is 9.90. The zero-order valence-corrected chi connectivity index (χ0v) is 14.2. The highest BCUT2D eigenvalue weighted by Crippen LogP contribution is 2.51. The van der Waals surface area contributed by atoms with E-state index in [0.717, 1.165) is 0 Å². The lowest BCUT2D eigenvalue weighted by Crippen LogP contribution is -1.86. The highest BCUT2D eigenvalue weighted by Gasteiger charge is 2.24. The van der Waals surface area contributed by atoms with Gasteiger partial charge in [0.25, 0.3) is 0 Å². The summed E-state index contributed by atoms with van der Waals surface area (Å²) in [7, 11) is 0. The van der Waals surface area contributed by atoms with Gasteiger partial charge in [-0.1, -0.05) is 91.0 Å². The molecular formula is C26H16. The molecule has 1 aliphatic carbocycles. The molecule has 0 saturated carbocycles. The van der Waals surface area contributed by atoms with Crippen LogP contribution < -0.4 is 0 Å². The van der Waals surface area contributed by atoms with E-state index < -0.39 is 0 Å². The van der Waals surface area contributed by atoms with Crippen molar-refractivity contribution in [1.82, 2.24) is 0 Å². The van der Waals surface area contributed by atoms with Crippen LogP contribution in [0.1, 0.15) is 0 Å². The van der Waals surface area contributed by atoms with Gasteiger partial charge in [0.2, 0.25) is 0 Å². The monoisotopic (exact) mass is 328 g/mol. The summed E-state index contributed by atoms with van der Waals surface area (Å²) in [6.07, 6.45) is 0. The number of benzene rings is 5. The lowest BCUT2D eigenvalue weighted by molar-refractivity contribution is 1.65. The zero-order chi connectivity index (χ0) is 17.1. The van der Waals surface area contributed by atoms with Gasteiger partial charge in [0.15, 0.2) is 0 Å². The maximum atomic E-state index is 2.39. The molecule has 5 aromatic rings. The molecule has 0 aromatic heterocycles. The molecule has 0 atom stereocenters. The Bertz CT molecular complexity index is 1310. The molecule has 0 radical (unpaired) electrons. The minimum atomic E-state index is 1.27. The Labute approximate surface area is 152 Å². The third kappa shape index (κ3) is 1.74. The molecule has 0 fully saturated rings. The first-order valence-electron chi connectivity index (χ1n) is 9.05. The van der Waals surface area contributed by atoms with Crippen molar-refractivity contribution < 1.29 is 0 Å². The number of hydrogen-bond acceptors (Lipinski definition) is 0. The maximum Gasteiger partial charge on any atom is -0.00197 e. The van der Waals surface area contributed by atoms with Crippen molar-refractivity contribution >= 4 is 21.5 Å². The van der Waals surface area contributed by atoms with Gasteiger partial charge in [-0.2, -0.15) is 0 Å². The first-order valence-corrected chi connectivity index (χ1v) is 9.05. The molecular weight excluding hydrogens is 312 g/mol. The van der Waals surface area contributed by atoms with Gasteiger partial charge in [0.05, 0.1) is 0 Å². The first kappa shape index (κ1) is 13.9. The van der Waals surface area contributed by atoms with Crippen LogP contribution in [0.3, 0.4) is 0 Å². The van der Waals surface area contributed by atoms with Gasteiger partial charge in [-0.15, -0.1) is 0 Å². The van der Waals surface area contributed by atoms with E-state index in [1.807, 2.05) is 0 Å². The van der Waals surface area contributed by atoms with Crippen molar-refractivity contribution in [3.05, 3.63) is 97.1 Å². The summed E-state index contributed by atoms with van der Waals surface area (Å²) in [4.78, 5) is 0. The minimum Gasteiger partial charge on any atom is -0.0622 e. The second-order valence-corrected chi connectivity index (χ2v) is 6.97. The van der Waals surface area contributed by atoms with Crippen LogP contribution >= 0.6 is 0 Å². The third-order valence-electron chi connectivity index (χ3n) is 5.59. The van der Waals surface area contributed by atoms with E-state index in [-0.39, 0.29) is 0 Å². The predicted octanol–water partition coefficient (Wildman–Crippen LogP) is 7.31. The fourth-order valence-electron chi connectivity index (χ4n) is 4.51. The van der Waals surface area contributed by atoms with Gasteiger partial charge in [-0.05, 0) is 61.0 Å². The van der Waals surface area contributed by atoms with Crippen LogP contribution in [0.25, 0.3) is 54.9 Å². The summed E-state index contributed by atoms with van der Waals surface area (Å²) in [6, 6.07) is 35.3. The number of fused-ring (bicyclic) bond motifs is 5. The topological polar surface area (TPSA) is 0 Å². The molecule has 6 rings (SSSR count). The van der Waals surface area contributed by atoms with E-state index in [1.54, 1.807) is 0 Å². The van der Waals surface area contributed by atoms with Gasteiger partial charge in [-0.3, -0.25) is 0 Å². The molecule has 0 unspecified atom stereocenters. The Morgan fingerprint density at radius 2 is 1.12 bits per heavy atom. The highest BCUT2D eigenvalue weighted by molar-refractivity contribution is 6.23. The lowest BCUT2D eigenvalue weighted by Gasteiger charge is -2.13. The molecule has 5 aromatic carbocycles. The summed E-state index contributed by atoms with van der Waals surface area (Å²) in [5, 5.41) is 5.37. The smallest absolute Gasteiger partial charge is 0.00197 e. The molecule has 0 saturated heterocycles. The third-order valence-corrected chi connectivity index (χ3v) is 5.59. The fourth-order valence-corrected chi connectivity index (χ4v) is 4.51. The Morgan fingerprint density at radius 3 is 1.92 bits per heavy atom.